The fourth-order valence-electron chi connectivity index (χ4n) is 1.83. The molecule has 0 N–H and O–H groups in total. The fraction of sp³-hybridized carbons (Fsp3) is 0.429. The first-order valence-electron chi connectivity index (χ1n) is 6.45. The molecule has 0 aromatic heterocycles. The van der Waals surface area contributed by atoms with Crippen molar-refractivity contribution in [3.63, 3.8) is 0 Å². The Balaban J connectivity index is 3.02. The number of hydrogen-bond acceptors (Lipinski definition) is 5. The molecule has 1 atom stereocenters. The lowest BCUT2D eigenvalue weighted by Crippen LogP contribution is -2.37. The van der Waals surface area contributed by atoms with Gasteiger partial charge in [-0.05, 0) is 24.3 Å². The number of carbonyl (C=O) groups is 1. The van der Waals surface area contributed by atoms with Crippen molar-refractivity contribution in [2.45, 2.75) is 18.7 Å². The Morgan fingerprint density at radius 3 is 2.38 bits per heavy atom. The average molecular weight is 310 g/mol. The van der Waals surface area contributed by atoms with E-state index in [9.17, 15) is 13.2 Å². The Kier molecular flexibility index (Phi) is 5.88. The topological polar surface area (TPSA) is 87.5 Å². The van der Waals surface area contributed by atoms with Crippen LogP contribution in [-0.2, 0) is 19.6 Å². The van der Waals surface area contributed by atoms with Gasteiger partial charge in [0.25, 0.3) is 0 Å². The summed E-state index contributed by atoms with van der Waals surface area (Å²) < 4.78 is 30.8. The molecule has 0 spiro atoms. The summed E-state index contributed by atoms with van der Waals surface area (Å²) in [6.45, 7) is 3.60. The third kappa shape index (κ3) is 4.03. The second-order valence-corrected chi connectivity index (χ2v) is 6.45. The number of rotatable bonds is 6. The third-order valence-corrected chi connectivity index (χ3v) is 5.01. The van der Waals surface area contributed by atoms with Gasteiger partial charge < -0.3 is 4.74 Å². The van der Waals surface area contributed by atoms with E-state index in [1.165, 1.54) is 35.7 Å². The molecule has 0 radical (unpaired) electrons. The maximum atomic E-state index is 12.5. The Bertz CT molecular complexity index is 632. The molecule has 0 fully saturated rings. The third-order valence-electron chi connectivity index (χ3n) is 3.05. The maximum Gasteiger partial charge on any atom is 0.309 e. The maximum absolute atomic E-state index is 12.5. The number of esters is 1. The molecule has 0 aliphatic heterocycles. The van der Waals surface area contributed by atoms with E-state index in [1.54, 1.807) is 13.8 Å². The van der Waals surface area contributed by atoms with Crippen LogP contribution in [-0.4, -0.2) is 38.9 Å². The molecule has 0 heterocycles. The summed E-state index contributed by atoms with van der Waals surface area (Å²) in [5.74, 6) is -1.01. The Morgan fingerprint density at radius 2 is 1.95 bits per heavy atom. The summed E-state index contributed by atoms with van der Waals surface area (Å²) >= 11 is 0. The Labute approximate surface area is 125 Å². The van der Waals surface area contributed by atoms with Crippen LogP contribution >= 0.6 is 0 Å². The molecule has 1 rings (SSSR count). The minimum atomic E-state index is -3.70. The van der Waals surface area contributed by atoms with Gasteiger partial charge in [-0.2, -0.15) is 9.57 Å². The van der Waals surface area contributed by atoms with Crippen LogP contribution in [0.5, 0.6) is 0 Å². The van der Waals surface area contributed by atoms with Crippen LogP contribution in [0.1, 0.15) is 19.4 Å². The molecule has 1 aromatic rings. The summed E-state index contributed by atoms with van der Waals surface area (Å²) in [6, 6.07) is 7.61. The molecule has 114 valence electrons. The summed E-state index contributed by atoms with van der Waals surface area (Å²) in [7, 11) is -2.43. The van der Waals surface area contributed by atoms with E-state index in [0.717, 1.165) is 0 Å². The van der Waals surface area contributed by atoms with Gasteiger partial charge >= 0.3 is 5.97 Å². The standard InChI is InChI=1S/C14H18N2O4S/c1-4-16(10-11(2)14(17)20-3)21(18,19)13-7-5-12(9-15)6-8-13/h5-8,11H,4,10H2,1-3H3. The minimum Gasteiger partial charge on any atom is -0.469 e. The first kappa shape index (κ1) is 17.1. The van der Waals surface area contributed by atoms with Gasteiger partial charge in [0.15, 0.2) is 0 Å². The van der Waals surface area contributed by atoms with Crippen molar-refractivity contribution in [3.05, 3.63) is 29.8 Å². The van der Waals surface area contributed by atoms with Gasteiger partial charge in [-0.15, -0.1) is 0 Å². The number of sulfonamides is 1. The Hall–Kier alpha value is -1.91. The molecule has 0 bridgehead atoms. The molecule has 1 aromatic carbocycles. The highest BCUT2D eigenvalue weighted by Crippen LogP contribution is 2.18. The molecule has 7 heteroatoms. The summed E-state index contributed by atoms with van der Waals surface area (Å²) in [4.78, 5) is 11.5. The van der Waals surface area contributed by atoms with Crippen molar-refractivity contribution in [1.29, 1.82) is 5.26 Å². The van der Waals surface area contributed by atoms with Gasteiger partial charge in [-0.1, -0.05) is 13.8 Å². The van der Waals surface area contributed by atoms with Gasteiger partial charge in [-0.3, -0.25) is 4.79 Å². The SMILES string of the molecule is CCN(CC(C)C(=O)OC)S(=O)(=O)c1ccc(C#N)cc1. The lowest BCUT2D eigenvalue weighted by Gasteiger charge is -2.23. The second-order valence-electron chi connectivity index (χ2n) is 4.52. The van der Waals surface area contributed by atoms with Crippen LogP contribution in [0, 0.1) is 17.2 Å². The predicted octanol–water partition coefficient (Wildman–Crippen LogP) is 1.38. The van der Waals surface area contributed by atoms with Crippen LogP contribution in [0.2, 0.25) is 0 Å². The van der Waals surface area contributed by atoms with Crippen molar-refractivity contribution in [2.24, 2.45) is 5.92 Å². The highest BCUT2D eigenvalue weighted by molar-refractivity contribution is 7.89. The smallest absolute Gasteiger partial charge is 0.309 e. The molecule has 6 nitrogen and oxygen atoms in total. The molecular weight excluding hydrogens is 292 g/mol. The second kappa shape index (κ2) is 7.20. The van der Waals surface area contributed by atoms with E-state index in [-0.39, 0.29) is 18.0 Å². The van der Waals surface area contributed by atoms with Gasteiger partial charge in [0.05, 0.1) is 29.6 Å². The predicted molar refractivity (Wildman–Crippen MR) is 76.8 cm³/mol. The summed E-state index contributed by atoms with van der Waals surface area (Å²) in [6.07, 6.45) is 0. The van der Waals surface area contributed by atoms with Gasteiger partial charge in [0, 0.05) is 13.1 Å². The minimum absolute atomic E-state index is 0.0471. The van der Waals surface area contributed by atoms with Crippen LogP contribution in [0.3, 0.4) is 0 Å². The molecular formula is C14H18N2O4S. The van der Waals surface area contributed by atoms with E-state index in [0.29, 0.717) is 5.56 Å². The fourth-order valence-corrected chi connectivity index (χ4v) is 3.37. The number of hydrogen-bond donors (Lipinski definition) is 0. The summed E-state index contributed by atoms with van der Waals surface area (Å²) in [5, 5.41) is 8.73. The van der Waals surface area contributed by atoms with E-state index in [1.807, 2.05) is 6.07 Å². The van der Waals surface area contributed by atoms with Crippen molar-refractivity contribution >= 4 is 16.0 Å². The molecule has 0 saturated carbocycles. The first-order chi connectivity index (χ1) is 9.86. The molecule has 0 aliphatic rings. The molecule has 0 amide bonds. The van der Waals surface area contributed by atoms with E-state index in [2.05, 4.69) is 4.74 Å². The van der Waals surface area contributed by atoms with Crippen LogP contribution in [0.15, 0.2) is 29.2 Å². The number of methoxy groups -OCH3 is 1. The molecule has 1 unspecified atom stereocenters. The zero-order chi connectivity index (χ0) is 16.0. The van der Waals surface area contributed by atoms with Crippen molar-refractivity contribution in [1.82, 2.24) is 4.31 Å². The molecule has 0 saturated heterocycles. The lowest BCUT2D eigenvalue weighted by atomic mass is 10.2. The lowest BCUT2D eigenvalue weighted by molar-refractivity contribution is -0.145. The Morgan fingerprint density at radius 1 is 1.38 bits per heavy atom. The number of nitrogens with zero attached hydrogens (tertiary/aromatic N) is 2. The van der Waals surface area contributed by atoms with Gasteiger partial charge in [0.2, 0.25) is 10.0 Å². The largest absolute Gasteiger partial charge is 0.469 e. The number of benzene rings is 1. The molecule has 0 aliphatic carbocycles. The van der Waals surface area contributed by atoms with Gasteiger partial charge in [0.1, 0.15) is 0 Å². The quantitative estimate of drug-likeness (QED) is 0.741. The van der Waals surface area contributed by atoms with Crippen LogP contribution < -0.4 is 0 Å². The monoisotopic (exact) mass is 310 g/mol. The van der Waals surface area contributed by atoms with Crippen LogP contribution in [0.4, 0.5) is 0 Å². The first-order valence-corrected chi connectivity index (χ1v) is 7.89. The van der Waals surface area contributed by atoms with E-state index < -0.39 is 21.9 Å². The molecule has 21 heavy (non-hydrogen) atoms. The van der Waals surface area contributed by atoms with Crippen molar-refractivity contribution in [3.8, 4) is 6.07 Å². The number of nitriles is 1. The zero-order valence-corrected chi connectivity index (χ0v) is 13.1. The van der Waals surface area contributed by atoms with Gasteiger partial charge in [-0.25, -0.2) is 8.42 Å². The van der Waals surface area contributed by atoms with Crippen LogP contribution in [0.25, 0.3) is 0 Å². The normalized spacial score (nSPS) is 12.7. The summed E-state index contributed by atoms with van der Waals surface area (Å²) in [5.41, 5.74) is 0.389. The van der Waals surface area contributed by atoms with E-state index in [4.69, 9.17) is 5.26 Å². The highest BCUT2D eigenvalue weighted by Gasteiger charge is 2.27. The van der Waals surface area contributed by atoms with Crippen molar-refractivity contribution < 1.29 is 17.9 Å². The van der Waals surface area contributed by atoms with E-state index >= 15 is 0 Å². The number of carbonyl (C=O) groups excluding carboxylic acids is 1. The average Bonchev–Trinajstić information content (AvgIpc) is 2.51. The zero-order valence-electron chi connectivity index (χ0n) is 12.2. The number of ether oxygens (including phenoxy) is 1. The van der Waals surface area contributed by atoms with Crippen molar-refractivity contribution in [2.75, 3.05) is 20.2 Å². The highest BCUT2D eigenvalue weighted by atomic mass is 32.2.